The quantitative estimate of drug-likeness (QED) is 0.827. The van der Waals surface area contributed by atoms with Crippen LogP contribution in [-0.2, 0) is 19.4 Å². The first kappa shape index (κ1) is 18.6. The first-order valence-corrected chi connectivity index (χ1v) is 10.8. The molecule has 0 radical (unpaired) electrons. The molecule has 2 aliphatic rings. The van der Waals surface area contributed by atoms with E-state index in [-0.39, 0.29) is 48.0 Å². The van der Waals surface area contributed by atoms with E-state index in [1.807, 2.05) is 0 Å². The largest absolute Gasteiger partial charge is 0.311 e. The van der Waals surface area contributed by atoms with Gasteiger partial charge in [-0.15, -0.1) is 0 Å². The second-order valence-electron chi connectivity index (χ2n) is 7.06. The summed E-state index contributed by atoms with van der Waals surface area (Å²) in [4.78, 5) is 26.2. The Kier molecular flexibility index (Phi) is 4.66. The Morgan fingerprint density at radius 1 is 1.25 bits per heavy atom. The van der Waals surface area contributed by atoms with Gasteiger partial charge in [-0.25, -0.2) is 17.5 Å². The molecule has 2 aromatic rings. The van der Waals surface area contributed by atoms with Gasteiger partial charge in [-0.3, -0.25) is 9.59 Å². The van der Waals surface area contributed by atoms with E-state index in [4.69, 9.17) is 0 Å². The molecule has 0 saturated carbocycles. The number of aromatic nitrogens is 2. The lowest BCUT2D eigenvalue weighted by atomic mass is 10.1. The maximum absolute atomic E-state index is 14.0. The van der Waals surface area contributed by atoms with Crippen molar-refractivity contribution in [1.82, 2.24) is 9.78 Å². The van der Waals surface area contributed by atoms with E-state index in [0.29, 0.717) is 12.2 Å². The zero-order valence-corrected chi connectivity index (χ0v) is 15.7. The first-order chi connectivity index (χ1) is 13.3. The summed E-state index contributed by atoms with van der Waals surface area (Å²) < 4.78 is 38.9. The van der Waals surface area contributed by atoms with Crippen LogP contribution >= 0.6 is 0 Å². The van der Waals surface area contributed by atoms with Crippen molar-refractivity contribution in [1.29, 1.82) is 0 Å². The van der Waals surface area contributed by atoms with Crippen LogP contribution in [0, 0.1) is 11.7 Å². The third-order valence-electron chi connectivity index (χ3n) is 5.11. The van der Waals surface area contributed by atoms with E-state index in [1.54, 1.807) is 12.1 Å². The summed E-state index contributed by atoms with van der Waals surface area (Å²) in [6, 6.07) is 7.21. The summed E-state index contributed by atoms with van der Waals surface area (Å²) in [7, 11) is -3.09. The summed E-state index contributed by atoms with van der Waals surface area (Å²) in [6.07, 6.45) is 1.91. The smallest absolute Gasteiger partial charge is 0.230 e. The lowest BCUT2D eigenvalue weighted by molar-refractivity contribution is -0.122. The molecule has 0 unspecified atom stereocenters. The van der Waals surface area contributed by atoms with Crippen molar-refractivity contribution in [3.8, 4) is 0 Å². The van der Waals surface area contributed by atoms with E-state index in [0.717, 1.165) is 0 Å². The van der Waals surface area contributed by atoms with Crippen molar-refractivity contribution >= 4 is 33.2 Å². The number of nitrogens with one attached hydrogen (secondary N) is 1. The molecule has 8 nitrogen and oxygen atoms in total. The van der Waals surface area contributed by atoms with E-state index in [2.05, 4.69) is 10.4 Å². The molecule has 2 aliphatic heterocycles. The molecular weight excluding hydrogens is 387 g/mol. The van der Waals surface area contributed by atoms with Crippen LogP contribution < -0.4 is 10.2 Å². The highest BCUT2D eigenvalue weighted by Gasteiger charge is 2.37. The number of carbonyl (C=O) groups excluding carboxylic acids is 2. The highest BCUT2D eigenvalue weighted by molar-refractivity contribution is 7.91. The fourth-order valence-corrected chi connectivity index (χ4v) is 5.38. The molecule has 10 heteroatoms. The number of halogens is 1. The molecule has 0 aliphatic carbocycles. The summed E-state index contributed by atoms with van der Waals surface area (Å²) >= 11 is 0. The number of hydrogen-bond acceptors (Lipinski definition) is 5. The van der Waals surface area contributed by atoms with Crippen molar-refractivity contribution in [2.45, 2.75) is 18.9 Å². The predicted molar refractivity (Wildman–Crippen MR) is 100 cm³/mol. The number of para-hydroxylation sites is 1. The number of sulfone groups is 1. The number of anilines is 2. The van der Waals surface area contributed by atoms with Gasteiger partial charge in [0, 0.05) is 19.0 Å². The predicted octanol–water partition coefficient (Wildman–Crippen LogP) is 1.37. The normalized spacial score (nSPS) is 23.9. The molecule has 2 fully saturated rings. The molecule has 2 saturated heterocycles. The molecule has 0 bridgehead atoms. The zero-order valence-electron chi connectivity index (χ0n) is 14.9. The Labute approximate surface area is 161 Å². The monoisotopic (exact) mass is 406 g/mol. The molecule has 3 heterocycles. The Morgan fingerprint density at radius 3 is 2.75 bits per heavy atom. The standard InChI is InChI=1S/C18H19FN4O4S/c19-14-3-1-2-4-15(14)22-10-12(9-17(22)24)18(25)21-16-5-7-20-23(16)13-6-8-28(26,27)11-13/h1-5,7,12-13H,6,8-11H2,(H,21,25)/t12-,13+/m1/s1. The molecule has 28 heavy (non-hydrogen) atoms. The van der Waals surface area contributed by atoms with E-state index >= 15 is 0 Å². The molecule has 0 spiro atoms. The Balaban J connectivity index is 1.46. The minimum absolute atomic E-state index is 0.0134. The fraction of sp³-hybridized carbons (Fsp3) is 0.389. The van der Waals surface area contributed by atoms with Crippen molar-refractivity contribution in [3.63, 3.8) is 0 Å². The van der Waals surface area contributed by atoms with Gasteiger partial charge in [0.25, 0.3) is 0 Å². The molecule has 2 atom stereocenters. The molecular formula is C18H19FN4O4S. The van der Waals surface area contributed by atoms with Gasteiger partial charge in [0.2, 0.25) is 11.8 Å². The number of benzene rings is 1. The highest BCUT2D eigenvalue weighted by atomic mass is 32.2. The Morgan fingerprint density at radius 2 is 2.04 bits per heavy atom. The van der Waals surface area contributed by atoms with E-state index < -0.39 is 21.6 Å². The second-order valence-corrected chi connectivity index (χ2v) is 9.29. The van der Waals surface area contributed by atoms with Gasteiger partial charge in [0.15, 0.2) is 9.84 Å². The molecule has 2 amide bonds. The lowest BCUT2D eigenvalue weighted by Crippen LogP contribution is -2.29. The van der Waals surface area contributed by atoms with Crippen molar-refractivity contribution in [2.24, 2.45) is 5.92 Å². The maximum Gasteiger partial charge on any atom is 0.230 e. The maximum atomic E-state index is 14.0. The van der Waals surface area contributed by atoms with Crippen LogP contribution in [0.4, 0.5) is 15.9 Å². The van der Waals surface area contributed by atoms with Gasteiger partial charge >= 0.3 is 0 Å². The highest BCUT2D eigenvalue weighted by Crippen LogP contribution is 2.29. The number of hydrogen-bond donors (Lipinski definition) is 1. The molecule has 4 rings (SSSR count). The third kappa shape index (κ3) is 3.51. The van der Waals surface area contributed by atoms with Gasteiger partial charge in [0.05, 0.1) is 35.3 Å². The molecule has 1 aromatic heterocycles. The first-order valence-electron chi connectivity index (χ1n) is 8.94. The van der Waals surface area contributed by atoms with Crippen LogP contribution in [0.3, 0.4) is 0 Å². The SMILES string of the molecule is O=C(Nc1ccnn1[C@H]1CCS(=O)(=O)C1)[C@@H]1CC(=O)N(c2ccccc2F)C1. The van der Waals surface area contributed by atoms with Crippen LogP contribution in [0.5, 0.6) is 0 Å². The van der Waals surface area contributed by atoms with Crippen LogP contribution in [0.15, 0.2) is 36.5 Å². The summed E-state index contributed by atoms with van der Waals surface area (Å²) in [5.41, 5.74) is 0.156. The summed E-state index contributed by atoms with van der Waals surface area (Å²) in [5, 5.41) is 6.88. The number of carbonyl (C=O) groups is 2. The minimum Gasteiger partial charge on any atom is -0.311 e. The number of amides is 2. The van der Waals surface area contributed by atoms with Gasteiger partial charge in [-0.1, -0.05) is 12.1 Å². The number of rotatable bonds is 4. The average molecular weight is 406 g/mol. The summed E-state index contributed by atoms with van der Waals surface area (Å²) in [5.74, 6) is -1.38. The lowest BCUT2D eigenvalue weighted by Gasteiger charge is -2.18. The minimum atomic E-state index is -3.09. The fourth-order valence-electron chi connectivity index (χ4n) is 3.69. The second kappa shape index (κ2) is 7.01. The van der Waals surface area contributed by atoms with E-state index in [1.165, 1.54) is 34.0 Å². The van der Waals surface area contributed by atoms with Gasteiger partial charge in [-0.05, 0) is 18.6 Å². The third-order valence-corrected chi connectivity index (χ3v) is 6.87. The van der Waals surface area contributed by atoms with Crippen molar-refractivity contribution < 1.29 is 22.4 Å². The van der Waals surface area contributed by atoms with Crippen LogP contribution in [0.25, 0.3) is 0 Å². The van der Waals surface area contributed by atoms with Crippen molar-refractivity contribution in [2.75, 3.05) is 28.3 Å². The molecule has 1 N–H and O–H groups in total. The molecule has 148 valence electrons. The Bertz CT molecular complexity index is 1040. The van der Waals surface area contributed by atoms with Gasteiger partial charge in [-0.2, -0.15) is 5.10 Å². The zero-order chi connectivity index (χ0) is 19.9. The Hall–Kier alpha value is -2.75. The van der Waals surface area contributed by atoms with Gasteiger partial charge < -0.3 is 10.2 Å². The van der Waals surface area contributed by atoms with Crippen LogP contribution in [0.2, 0.25) is 0 Å². The topological polar surface area (TPSA) is 101 Å². The van der Waals surface area contributed by atoms with Crippen LogP contribution in [0.1, 0.15) is 18.9 Å². The van der Waals surface area contributed by atoms with Crippen LogP contribution in [-0.4, -0.2) is 48.1 Å². The number of nitrogens with zero attached hydrogens (tertiary/aromatic N) is 3. The van der Waals surface area contributed by atoms with Crippen molar-refractivity contribution in [3.05, 3.63) is 42.3 Å². The average Bonchev–Trinajstić information content (AvgIpc) is 3.34. The van der Waals surface area contributed by atoms with Gasteiger partial charge in [0.1, 0.15) is 11.6 Å². The summed E-state index contributed by atoms with van der Waals surface area (Å²) in [6.45, 7) is 0.0809. The van der Waals surface area contributed by atoms with E-state index in [9.17, 15) is 22.4 Å². The molecule has 1 aromatic carbocycles.